The lowest BCUT2D eigenvalue weighted by molar-refractivity contribution is -0.142. The molecule has 1 aromatic carbocycles. The molecule has 0 bridgehead atoms. The molecule has 1 N–H and O–H groups in total. The predicted molar refractivity (Wildman–Crippen MR) is 58.7 cm³/mol. The Morgan fingerprint density at radius 2 is 2.25 bits per heavy atom. The van der Waals surface area contributed by atoms with E-state index in [0.29, 0.717) is 6.42 Å². The fraction of sp³-hybridized carbons (Fsp3) is 0.462. The summed E-state index contributed by atoms with van der Waals surface area (Å²) in [6, 6.07) is 5.94. The van der Waals surface area contributed by atoms with Gasteiger partial charge in [0.05, 0.1) is 13.0 Å². The Kier molecular flexibility index (Phi) is 1.82. The van der Waals surface area contributed by atoms with E-state index in [9.17, 15) is 9.90 Å². The van der Waals surface area contributed by atoms with Crippen LogP contribution in [0.3, 0.4) is 0 Å². The minimum atomic E-state index is -0.671. The van der Waals surface area contributed by atoms with Crippen LogP contribution >= 0.6 is 0 Å². The number of carboxylic acids is 1. The van der Waals surface area contributed by atoms with Crippen LogP contribution in [0.5, 0.6) is 5.75 Å². The first-order valence-electron chi connectivity index (χ1n) is 5.58. The molecule has 1 unspecified atom stereocenters. The van der Waals surface area contributed by atoms with Crippen LogP contribution in [0.1, 0.15) is 24.0 Å². The van der Waals surface area contributed by atoms with E-state index in [0.717, 1.165) is 24.2 Å². The molecule has 3 nitrogen and oxygen atoms in total. The lowest BCUT2D eigenvalue weighted by atomic mass is 9.89. The van der Waals surface area contributed by atoms with Crippen LogP contribution in [-0.4, -0.2) is 18.2 Å². The zero-order chi connectivity index (χ0) is 11.3. The van der Waals surface area contributed by atoms with Gasteiger partial charge in [0, 0.05) is 5.41 Å². The zero-order valence-corrected chi connectivity index (χ0v) is 9.19. The molecule has 0 aromatic heterocycles. The van der Waals surface area contributed by atoms with Gasteiger partial charge in [-0.3, -0.25) is 4.79 Å². The molecule has 16 heavy (non-hydrogen) atoms. The van der Waals surface area contributed by atoms with Gasteiger partial charge in [0.25, 0.3) is 0 Å². The second-order valence-corrected chi connectivity index (χ2v) is 4.74. The Morgan fingerprint density at radius 3 is 2.81 bits per heavy atom. The van der Waals surface area contributed by atoms with Crippen LogP contribution in [0, 0.1) is 5.92 Å². The summed E-state index contributed by atoms with van der Waals surface area (Å²) >= 11 is 0. The molecule has 0 amide bonds. The quantitative estimate of drug-likeness (QED) is 0.825. The summed E-state index contributed by atoms with van der Waals surface area (Å²) in [6.45, 7) is 0. The number of carboxylic acid groups (broad SMARTS) is 1. The van der Waals surface area contributed by atoms with Crippen molar-refractivity contribution in [1.82, 2.24) is 0 Å². The van der Waals surface area contributed by atoms with Gasteiger partial charge in [-0.15, -0.1) is 0 Å². The van der Waals surface area contributed by atoms with Crippen molar-refractivity contribution >= 4 is 5.97 Å². The van der Waals surface area contributed by atoms with E-state index in [1.807, 2.05) is 12.1 Å². The summed E-state index contributed by atoms with van der Waals surface area (Å²) in [7, 11) is 1.64. The van der Waals surface area contributed by atoms with Gasteiger partial charge in [0.1, 0.15) is 5.75 Å². The lowest BCUT2D eigenvalue weighted by Gasteiger charge is -2.14. The molecule has 84 valence electrons. The number of aliphatic carboxylic acids is 1. The summed E-state index contributed by atoms with van der Waals surface area (Å²) in [6.07, 6.45) is 2.63. The van der Waals surface area contributed by atoms with Crippen molar-refractivity contribution in [3.05, 3.63) is 29.3 Å². The second-order valence-electron chi connectivity index (χ2n) is 4.74. The van der Waals surface area contributed by atoms with Crippen LogP contribution in [0.25, 0.3) is 0 Å². The summed E-state index contributed by atoms with van der Waals surface area (Å²) < 4.78 is 5.31. The van der Waals surface area contributed by atoms with E-state index in [4.69, 9.17) is 4.74 Å². The van der Waals surface area contributed by atoms with Gasteiger partial charge >= 0.3 is 5.97 Å². The molecular formula is C13H14O3. The van der Waals surface area contributed by atoms with Crippen molar-refractivity contribution in [3.8, 4) is 5.75 Å². The van der Waals surface area contributed by atoms with E-state index in [2.05, 4.69) is 6.07 Å². The topological polar surface area (TPSA) is 46.5 Å². The number of fused-ring (bicyclic) bond motifs is 2. The van der Waals surface area contributed by atoms with E-state index in [1.165, 1.54) is 5.56 Å². The summed E-state index contributed by atoms with van der Waals surface area (Å²) in [5, 5.41) is 9.28. The van der Waals surface area contributed by atoms with Crippen molar-refractivity contribution in [3.63, 3.8) is 0 Å². The number of rotatable bonds is 2. The Morgan fingerprint density at radius 1 is 1.50 bits per heavy atom. The fourth-order valence-electron chi connectivity index (χ4n) is 3.10. The first-order valence-corrected chi connectivity index (χ1v) is 5.58. The maximum Gasteiger partial charge on any atom is 0.307 e. The van der Waals surface area contributed by atoms with Crippen molar-refractivity contribution in [1.29, 1.82) is 0 Å². The highest BCUT2D eigenvalue weighted by molar-refractivity contribution is 5.77. The largest absolute Gasteiger partial charge is 0.496 e. The average Bonchev–Trinajstić information content (AvgIpc) is 2.97. The third-order valence-electron chi connectivity index (χ3n) is 4.05. The monoisotopic (exact) mass is 218 g/mol. The maximum atomic E-state index is 11.3. The molecule has 1 spiro atoms. The van der Waals surface area contributed by atoms with Crippen LogP contribution in [0.15, 0.2) is 18.2 Å². The minimum absolute atomic E-state index is 0.0737. The number of benzene rings is 1. The molecule has 0 heterocycles. The zero-order valence-electron chi connectivity index (χ0n) is 9.19. The third-order valence-corrected chi connectivity index (χ3v) is 4.05. The maximum absolute atomic E-state index is 11.3. The van der Waals surface area contributed by atoms with Crippen molar-refractivity contribution in [2.45, 2.75) is 24.7 Å². The predicted octanol–water partition coefficient (Wildman–Crippen LogP) is 1.98. The molecule has 0 radical (unpaired) electrons. The number of hydrogen-bond acceptors (Lipinski definition) is 2. The Labute approximate surface area is 94.0 Å². The number of carbonyl (C=O) groups is 1. The molecular weight excluding hydrogens is 204 g/mol. The van der Waals surface area contributed by atoms with Crippen LogP contribution < -0.4 is 4.74 Å². The Hall–Kier alpha value is -1.51. The van der Waals surface area contributed by atoms with Gasteiger partial charge < -0.3 is 9.84 Å². The molecule has 0 saturated heterocycles. The van der Waals surface area contributed by atoms with Crippen molar-refractivity contribution < 1.29 is 14.6 Å². The highest BCUT2D eigenvalue weighted by Gasteiger charge is 2.58. The molecule has 1 saturated carbocycles. The van der Waals surface area contributed by atoms with Gasteiger partial charge in [-0.25, -0.2) is 0 Å². The van der Waals surface area contributed by atoms with Crippen molar-refractivity contribution in [2.75, 3.05) is 7.11 Å². The van der Waals surface area contributed by atoms with E-state index >= 15 is 0 Å². The molecule has 2 aliphatic carbocycles. The van der Waals surface area contributed by atoms with Gasteiger partial charge in [0.15, 0.2) is 0 Å². The Balaban J connectivity index is 2.13. The number of methoxy groups -OCH3 is 1. The van der Waals surface area contributed by atoms with Crippen molar-refractivity contribution in [2.24, 2.45) is 5.92 Å². The van der Waals surface area contributed by atoms with Crippen LogP contribution in [-0.2, 0) is 16.6 Å². The molecule has 3 heteroatoms. The molecule has 3 rings (SSSR count). The smallest absolute Gasteiger partial charge is 0.307 e. The normalized spacial score (nSPS) is 24.2. The highest BCUT2D eigenvalue weighted by Crippen LogP contribution is 2.61. The van der Waals surface area contributed by atoms with Gasteiger partial charge in [-0.1, -0.05) is 12.1 Å². The van der Waals surface area contributed by atoms with Crippen LogP contribution in [0.4, 0.5) is 0 Å². The summed E-state index contributed by atoms with van der Waals surface area (Å²) in [5.41, 5.74) is 2.24. The molecule has 0 aliphatic heterocycles. The van der Waals surface area contributed by atoms with E-state index < -0.39 is 5.97 Å². The first kappa shape index (κ1) is 9.70. The minimum Gasteiger partial charge on any atom is -0.496 e. The summed E-state index contributed by atoms with van der Waals surface area (Å²) in [4.78, 5) is 11.3. The second kappa shape index (κ2) is 3.00. The van der Waals surface area contributed by atoms with E-state index in [-0.39, 0.29) is 11.3 Å². The average molecular weight is 218 g/mol. The lowest BCUT2D eigenvalue weighted by Crippen LogP contribution is -2.24. The van der Waals surface area contributed by atoms with E-state index in [1.54, 1.807) is 7.11 Å². The third kappa shape index (κ3) is 1.06. The standard InChI is InChI=1S/C13H14O3/c1-16-11-4-2-3-9-8(11)7-10(12(14)15)13(9)5-6-13/h2-4,10H,5-7H2,1H3,(H,14,15). The molecule has 1 aromatic rings. The van der Waals surface area contributed by atoms with Crippen LogP contribution in [0.2, 0.25) is 0 Å². The number of hydrogen-bond donors (Lipinski definition) is 1. The Bertz CT molecular complexity index is 460. The molecule has 1 fully saturated rings. The fourth-order valence-corrected chi connectivity index (χ4v) is 3.10. The van der Waals surface area contributed by atoms with Gasteiger partial charge in [-0.05, 0) is 36.5 Å². The number of ether oxygens (including phenoxy) is 1. The highest BCUT2D eigenvalue weighted by atomic mass is 16.5. The van der Waals surface area contributed by atoms with Gasteiger partial charge in [0.2, 0.25) is 0 Å². The van der Waals surface area contributed by atoms with Gasteiger partial charge in [-0.2, -0.15) is 0 Å². The first-order chi connectivity index (χ1) is 7.69. The molecule has 2 aliphatic rings. The SMILES string of the molecule is COc1cccc2c1CC(C(=O)O)C21CC1. The molecule has 1 atom stereocenters. The summed E-state index contributed by atoms with van der Waals surface area (Å²) in [5.74, 6) is -0.0814.